The summed E-state index contributed by atoms with van der Waals surface area (Å²) >= 11 is 3.32. The van der Waals surface area contributed by atoms with Crippen molar-refractivity contribution in [2.75, 3.05) is 18.4 Å². The number of nitrogens with one attached hydrogen (secondary N) is 1. The van der Waals surface area contributed by atoms with Crippen LogP contribution in [-0.4, -0.2) is 31.7 Å². The van der Waals surface area contributed by atoms with Gasteiger partial charge in [-0.25, -0.2) is 8.42 Å². The van der Waals surface area contributed by atoms with Gasteiger partial charge in [-0.3, -0.25) is 4.79 Å². The average Bonchev–Trinajstić information content (AvgIpc) is 2.73. The summed E-state index contributed by atoms with van der Waals surface area (Å²) in [5.41, 5.74) is 2.07. The van der Waals surface area contributed by atoms with E-state index in [4.69, 9.17) is 0 Å². The molecule has 1 N–H and O–H groups in total. The van der Waals surface area contributed by atoms with Crippen LogP contribution in [0.25, 0.3) is 0 Å². The molecule has 0 unspecified atom stereocenters. The van der Waals surface area contributed by atoms with Gasteiger partial charge in [0.25, 0.3) is 0 Å². The smallest absolute Gasteiger partial charge is 0.243 e. The van der Waals surface area contributed by atoms with Gasteiger partial charge in [0, 0.05) is 29.2 Å². The molecule has 0 aromatic heterocycles. The third kappa shape index (κ3) is 5.68. The van der Waals surface area contributed by atoms with E-state index in [9.17, 15) is 13.2 Å². The van der Waals surface area contributed by atoms with Crippen molar-refractivity contribution < 1.29 is 13.2 Å². The van der Waals surface area contributed by atoms with Gasteiger partial charge in [0.2, 0.25) is 15.9 Å². The highest BCUT2D eigenvalue weighted by molar-refractivity contribution is 9.10. The number of carbonyl (C=O) groups excluding carboxylic acids is 1. The van der Waals surface area contributed by atoms with Gasteiger partial charge in [-0.1, -0.05) is 41.4 Å². The van der Waals surface area contributed by atoms with Crippen LogP contribution >= 0.6 is 15.9 Å². The number of rotatable bonds is 7. The second-order valence-corrected chi connectivity index (χ2v) is 10.3. The zero-order valence-corrected chi connectivity index (χ0v) is 19.0. The Hall–Kier alpha value is -1.70. The number of hydrogen-bond acceptors (Lipinski definition) is 3. The minimum absolute atomic E-state index is 0.0352. The lowest BCUT2D eigenvalue weighted by atomic mass is 9.97. The van der Waals surface area contributed by atoms with Crippen molar-refractivity contribution in [3.63, 3.8) is 0 Å². The SMILES string of the molecule is CCCCc1ccc(NC(=O)C2CCN(S(=O)(=O)c3ccc(Br)cc3)CC2)cc1. The van der Waals surface area contributed by atoms with E-state index in [0.29, 0.717) is 25.9 Å². The molecule has 29 heavy (non-hydrogen) atoms. The molecule has 1 heterocycles. The van der Waals surface area contributed by atoms with Crippen LogP contribution < -0.4 is 5.32 Å². The van der Waals surface area contributed by atoms with Gasteiger partial charge in [0.15, 0.2) is 0 Å². The highest BCUT2D eigenvalue weighted by Crippen LogP contribution is 2.26. The number of benzene rings is 2. The fourth-order valence-corrected chi connectivity index (χ4v) is 5.23. The Balaban J connectivity index is 1.54. The maximum Gasteiger partial charge on any atom is 0.243 e. The highest BCUT2D eigenvalue weighted by atomic mass is 79.9. The van der Waals surface area contributed by atoms with Crippen molar-refractivity contribution >= 4 is 37.5 Å². The number of carbonyl (C=O) groups is 1. The average molecular weight is 479 g/mol. The van der Waals surface area contributed by atoms with Gasteiger partial charge in [-0.05, 0) is 67.6 Å². The quantitative estimate of drug-likeness (QED) is 0.619. The lowest BCUT2D eigenvalue weighted by molar-refractivity contribution is -0.120. The van der Waals surface area contributed by atoms with Crippen molar-refractivity contribution in [2.24, 2.45) is 5.92 Å². The normalized spacial score (nSPS) is 15.9. The summed E-state index contributed by atoms with van der Waals surface area (Å²) in [6.45, 7) is 2.88. The van der Waals surface area contributed by atoms with E-state index in [-0.39, 0.29) is 16.7 Å². The lowest BCUT2D eigenvalue weighted by Crippen LogP contribution is -2.41. The molecule has 0 bridgehead atoms. The topological polar surface area (TPSA) is 66.5 Å². The molecule has 1 saturated heterocycles. The first kappa shape index (κ1) is 22.0. The number of nitrogens with zero attached hydrogens (tertiary/aromatic N) is 1. The maximum absolute atomic E-state index is 12.8. The molecule has 1 aliphatic rings. The second kappa shape index (κ2) is 9.87. The van der Waals surface area contributed by atoms with Crippen LogP contribution in [0.15, 0.2) is 57.9 Å². The number of sulfonamides is 1. The van der Waals surface area contributed by atoms with Crippen molar-refractivity contribution in [1.82, 2.24) is 4.31 Å². The molecule has 2 aromatic rings. The van der Waals surface area contributed by atoms with Gasteiger partial charge in [-0.2, -0.15) is 4.31 Å². The Morgan fingerprint density at radius 2 is 1.69 bits per heavy atom. The van der Waals surface area contributed by atoms with E-state index in [1.165, 1.54) is 9.87 Å². The zero-order valence-electron chi connectivity index (χ0n) is 16.6. The molecule has 1 aliphatic heterocycles. The Bertz CT molecular complexity index is 920. The van der Waals surface area contributed by atoms with Crippen molar-refractivity contribution in [3.8, 4) is 0 Å². The van der Waals surface area contributed by atoms with E-state index in [0.717, 1.165) is 29.4 Å². The zero-order chi connectivity index (χ0) is 20.9. The highest BCUT2D eigenvalue weighted by Gasteiger charge is 2.32. The summed E-state index contributed by atoms with van der Waals surface area (Å²) < 4.78 is 27.9. The van der Waals surface area contributed by atoms with Crippen molar-refractivity contribution in [3.05, 3.63) is 58.6 Å². The first-order valence-electron chi connectivity index (χ1n) is 10.1. The number of amides is 1. The van der Waals surface area contributed by atoms with Gasteiger partial charge in [0.05, 0.1) is 4.90 Å². The Kier molecular flexibility index (Phi) is 7.49. The molecule has 2 aromatic carbocycles. The molecule has 0 spiro atoms. The van der Waals surface area contributed by atoms with Crippen molar-refractivity contribution in [2.45, 2.75) is 43.9 Å². The van der Waals surface area contributed by atoms with Crippen LogP contribution in [0.5, 0.6) is 0 Å². The van der Waals surface area contributed by atoms with E-state index < -0.39 is 10.0 Å². The molecule has 7 heteroatoms. The van der Waals surface area contributed by atoms with Crippen LogP contribution in [0, 0.1) is 5.92 Å². The molecule has 0 radical (unpaired) electrons. The predicted octanol–water partition coefficient (Wildman–Crippen LogP) is 4.83. The Morgan fingerprint density at radius 3 is 2.28 bits per heavy atom. The largest absolute Gasteiger partial charge is 0.326 e. The van der Waals surface area contributed by atoms with Crippen LogP contribution in [0.2, 0.25) is 0 Å². The fraction of sp³-hybridized carbons (Fsp3) is 0.409. The number of anilines is 1. The van der Waals surface area contributed by atoms with E-state index in [1.807, 2.05) is 12.1 Å². The molecule has 5 nitrogen and oxygen atoms in total. The first-order valence-corrected chi connectivity index (χ1v) is 12.3. The van der Waals surface area contributed by atoms with Crippen LogP contribution in [0.3, 0.4) is 0 Å². The standard InChI is InChI=1S/C22H27BrN2O3S/c1-2-3-4-17-5-9-20(10-6-17)24-22(26)18-13-15-25(16-14-18)29(27,28)21-11-7-19(23)8-12-21/h5-12,18H,2-4,13-16H2,1H3,(H,24,26). The number of unbranched alkanes of at least 4 members (excludes halogenated alkanes) is 1. The summed E-state index contributed by atoms with van der Waals surface area (Å²) in [5, 5.41) is 2.97. The van der Waals surface area contributed by atoms with Crippen LogP contribution in [0.4, 0.5) is 5.69 Å². The van der Waals surface area contributed by atoms with Crippen LogP contribution in [-0.2, 0) is 21.2 Å². The van der Waals surface area contributed by atoms with E-state index >= 15 is 0 Å². The molecule has 156 valence electrons. The van der Waals surface area contributed by atoms with Gasteiger partial charge < -0.3 is 5.32 Å². The number of aryl methyl sites for hydroxylation is 1. The van der Waals surface area contributed by atoms with E-state index in [2.05, 4.69) is 40.3 Å². The molecular formula is C22H27BrN2O3S. The third-order valence-electron chi connectivity index (χ3n) is 5.32. The minimum atomic E-state index is -3.52. The third-order valence-corrected chi connectivity index (χ3v) is 7.76. The van der Waals surface area contributed by atoms with Gasteiger partial charge in [-0.15, -0.1) is 0 Å². The van der Waals surface area contributed by atoms with E-state index in [1.54, 1.807) is 24.3 Å². The number of hydrogen-bond donors (Lipinski definition) is 1. The van der Waals surface area contributed by atoms with Crippen molar-refractivity contribution in [1.29, 1.82) is 0 Å². The Morgan fingerprint density at radius 1 is 1.07 bits per heavy atom. The molecule has 0 aliphatic carbocycles. The van der Waals surface area contributed by atoms with Gasteiger partial charge in [0.1, 0.15) is 0 Å². The summed E-state index contributed by atoms with van der Waals surface area (Å²) in [4.78, 5) is 12.9. The molecule has 1 amide bonds. The molecule has 1 fully saturated rings. The predicted molar refractivity (Wildman–Crippen MR) is 119 cm³/mol. The second-order valence-electron chi connectivity index (χ2n) is 7.42. The molecule has 0 saturated carbocycles. The summed E-state index contributed by atoms with van der Waals surface area (Å²) in [7, 11) is -3.52. The lowest BCUT2D eigenvalue weighted by Gasteiger charge is -2.30. The summed E-state index contributed by atoms with van der Waals surface area (Å²) in [6, 6.07) is 14.6. The maximum atomic E-state index is 12.8. The number of piperidine rings is 1. The minimum Gasteiger partial charge on any atom is -0.326 e. The monoisotopic (exact) mass is 478 g/mol. The molecular weight excluding hydrogens is 452 g/mol. The van der Waals surface area contributed by atoms with Gasteiger partial charge >= 0.3 is 0 Å². The first-order chi connectivity index (χ1) is 13.9. The number of halogens is 1. The summed E-state index contributed by atoms with van der Waals surface area (Å²) in [6.07, 6.45) is 4.42. The summed E-state index contributed by atoms with van der Waals surface area (Å²) in [5.74, 6) is -0.210. The fourth-order valence-electron chi connectivity index (χ4n) is 3.49. The molecule has 3 rings (SSSR count). The van der Waals surface area contributed by atoms with Crippen LogP contribution in [0.1, 0.15) is 38.2 Å². The Labute approximate surface area is 181 Å². The molecule has 0 atom stereocenters.